The second kappa shape index (κ2) is 12.8. The SMILES string of the molecule is c1ccc(-c2ccc(N(c3ccc4c(c3)c3ccccc3n4-c3ccccc3)c3ccc4c(c3)c3ccccc3n4-c3ccc4oc5cnccc5c4c3)cc2)cc1. The van der Waals surface area contributed by atoms with Crippen LogP contribution in [0.2, 0.25) is 0 Å². The molecule has 0 amide bonds. The van der Waals surface area contributed by atoms with E-state index in [1.165, 1.54) is 43.7 Å². The van der Waals surface area contributed by atoms with Gasteiger partial charge in [0.2, 0.25) is 0 Å². The molecule has 0 spiro atoms. The number of fused-ring (bicyclic) bond motifs is 9. The smallest absolute Gasteiger partial charge is 0.153 e. The lowest BCUT2D eigenvalue weighted by Crippen LogP contribution is -2.10. The molecular formula is C53H34N4O. The fourth-order valence-corrected chi connectivity index (χ4v) is 8.97. The van der Waals surface area contributed by atoms with Gasteiger partial charge in [-0.15, -0.1) is 0 Å². The first-order valence-electron chi connectivity index (χ1n) is 19.6. The highest BCUT2D eigenvalue weighted by Gasteiger charge is 2.20. The van der Waals surface area contributed by atoms with Crippen LogP contribution in [-0.2, 0) is 0 Å². The molecule has 0 bridgehead atoms. The van der Waals surface area contributed by atoms with E-state index in [0.717, 1.165) is 61.4 Å². The zero-order valence-corrected chi connectivity index (χ0v) is 31.3. The van der Waals surface area contributed by atoms with E-state index in [1.807, 2.05) is 12.3 Å². The lowest BCUT2D eigenvalue weighted by molar-refractivity contribution is 0.667. The summed E-state index contributed by atoms with van der Waals surface area (Å²) < 4.78 is 10.9. The molecule has 5 nitrogen and oxygen atoms in total. The van der Waals surface area contributed by atoms with Crippen molar-refractivity contribution in [3.05, 3.63) is 207 Å². The van der Waals surface area contributed by atoms with Crippen LogP contribution >= 0.6 is 0 Å². The summed E-state index contributed by atoms with van der Waals surface area (Å²) in [5.74, 6) is 0. The highest BCUT2D eigenvalue weighted by molar-refractivity contribution is 6.13. The Bertz CT molecular complexity index is 3510. The summed E-state index contributed by atoms with van der Waals surface area (Å²) >= 11 is 0. The molecule has 8 aromatic carbocycles. The van der Waals surface area contributed by atoms with E-state index in [9.17, 15) is 0 Å². The second-order valence-corrected chi connectivity index (χ2v) is 14.8. The Morgan fingerprint density at radius 1 is 0.362 bits per heavy atom. The van der Waals surface area contributed by atoms with Crippen molar-refractivity contribution < 1.29 is 4.42 Å². The van der Waals surface area contributed by atoms with Crippen molar-refractivity contribution in [3.63, 3.8) is 0 Å². The normalized spacial score (nSPS) is 11.8. The minimum Gasteiger partial charge on any atom is -0.454 e. The second-order valence-electron chi connectivity index (χ2n) is 14.8. The number of para-hydroxylation sites is 3. The molecule has 0 aliphatic carbocycles. The molecule has 0 N–H and O–H groups in total. The number of anilines is 3. The van der Waals surface area contributed by atoms with E-state index < -0.39 is 0 Å². The molecule has 0 aliphatic heterocycles. The molecule has 0 radical (unpaired) electrons. The Hall–Kier alpha value is -7.89. The Balaban J connectivity index is 1.07. The third-order valence-corrected chi connectivity index (χ3v) is 11.6. The van der Waals surface area contributed by atoms with Gasteiger partial charge in [-0.05, 0) is 108 Å². The Kier molecular flexibility index (Phi) is 7.16. The van der Waals surface area contributed by atoms with Gasteiger partial charge in [-0.1, -0.05) is 97.1 Å². The van der Waals surface area contributed by atoms with Gasteiger partial charge in [0.25, 0.3) is 0 Å². The summed E-state index contributed by atoms with van der Waals surface area (Å²) in [7, 11) is 0. The fraction of sp³-hybridized carbons (Fsp3) is 0. The van der Waals surface area contributed by atoms with Crippen LogP contribution in [0, 0.1) is 0 Å². The molecule has 58 heavy (non-hydrogen) atoms. The van der Waals surface area contributed by atoms with Gasteiger partial charge in [0.1, 0.15) is 5.58 Å². The first-order chi connectivity index (χ1) is 28.8. The average Bonchev–Trinajstić information content (AvgIpc) is 3.94. The molecule has 12 aromatic rings. The van der Waals surface area contributed by atoms with Crippen LogP contribution < -0.4 is 4.90 Å². The molecule has 0 fully saturated rings. The van der Waals surface area contributed by atoms with Crippen LogP contribution in [0.1, 0.15) is 0 Å². The summed E-state index contributed by atoms with van der Waals surface area (Å²) in [5.41, 5.74) is 14.2. The van der Waals surface area contributed by atoms with E-state index in [1.54, 1.807) is 6.20 Å². The zero-order chi connectivity index (χ0) is 38.2. The molecule has 4 heterocycles. The predicted molar refractivity (Wildman–Crippen MR) is 240 cm³/mol. The number of nitrogens with zero attached hydrogens (tertiary/aromatic N) is 4. The van der Waals surface area contributed by atoms with Crippen molar-refractivity contribution in [1.29, 1.82) is 0 Å². The van der Waals surface area contributed by atoms with Gasteiger partial charge >= 0.3 is 0 Å². The lowest BCUT2D eigenvalue weighted by Gasteiger charge is -2.26. The lowest BCUT2D eigenvalue weighted by atomic mass is 10.0. The predicted octanol–water partition coefficient (Wildman–Crippen LogP) is 14.3. The van der Waals surface area contributed by atoms with Crippen molar-refractivity contribution >= 4 is 82.6 Å². The maximum atomic E-state index is 6.15. The van der Waals surface area contributed by atoms with Crippen LogP contribution in [0.4, 0.5) is 17.1 Å². The van der Waals surface area contributed by atoms with Crippen LogP contribution in [-0.4, -0.2) is 14.1 Å². The summed E-state index contributed by atoms with van der Waals surface area (Å²) in [4.78, 5) is 6.68. The third kappa shape index (κ3) is 5.00. The van der Waals surface area contributed by atoms with Gasteiger partial charge in [-0.3, -0.25) is 4.98 Å². The van der Waals surface area contributed by atoms with Gasteiger partial charge in [0.15, 0.2) is 5.58 Å². The first-order valence-corrected chi connectivity index (χ1v) is 19.6. The summed E-state index contributed by atoms with van der Waals surface area (Å²) in [5, 5.41) is 6.95. The van der Waals surface area contributed by atoms with E-state index >= 15 is 0 Å². The number of furan rings is 1. The molecule has 0 unspecified atom stereocenters. The summed E-state index contributed by atoms with van der Waals surface area (Å²) in [6.45, 7) is 0. The Labute approximate surface area is 333 Å². The van der Waals surface area contributed by atoms with Crippen molar-refractivity contribution in [2.24, 2.45) is 0 Å². The maximum Gasteiger partial charge on any atom is 0.153 e. The molecule has 4 aromatic heterocycles. The average molecular weight is 743 g/mol. The summed E-state index contributed by atoms with van der Waals surface area (Å²) in [6, 6.07) is 69.9. The van der Waals surface area contributed by atoms with Gasteiger partial charge in [0, 0.05) is 67.0 Å². The Morgan fingerprint density at radius 3 is 1.59 bits per heavy atom. The minimum atomic E-state index is 0.793. The largest absolute Gasteiger partial charge is 0.454 e. The molecule has 5 heteroatoms. The minimum absolute atomic E-state index is 0.793. The van der Waals surface area contributed by atoms with Crippen molar-refractivity contribution in [3.8, 4) is 22.5 Å². The first kappa shape index (κ1) is 32.4. The molecule has 12 rings (SSSR count). The molecule has 0 aliphatic rings. The number of hydrogen-bond donors (Lipinski definition) is 0. The van der Waals surface area contributed by atoms with Gasteiger partial charge in [0.05, 0.1) is 28.3 Å². The fourth-order valence-electron chi connectivity index (χ4n) is 8.97. The van der Waals surface area contributed by atoms with Gasteiger partial charge in [-0.25, -0.2) is 0 Å². The van der Waals surface area contributed by atoms with Gasteiger partial charge < -0.3 is 18.5 Å². The zero-order valence-electron chi connectivity index (χ0n) is 31.3. The van der Waals surface area contributed by atoms with E-state index in [2.05, 4.69) is 207 Å². The number of aromatic nitrogens is 3. The van der Waals surface area contributed by atoms with Crippen molar-refractivity contribution in [1.82, 2.24) is 14.1 Å². The van der Waals surface area contributed by atoms with E-state index in [0.29, 0.717) is 0 Å². The Morgan fingerprint density at radius 2 is 0.914 bits per heavy atom. The molecular weight excluding hydrogens is 709 g/mol. The molecule has 0 saturated heterocycles. The number of benzene rings is 8. The summed E-state index contributed by atoms with van der Waals surface area (Å²) in [6.07, 6.45) is 3.61. The highest BCUT2D eigenvalue weighted by atomic mass is 16.3. The van der Waals surface area contributed by atoms with E-state index in [4.69, 9.17) is 4.42 Å². The number of pyridine rings is 1. The van der Waals surface area contributed by atoms with E-state index in [-0.39, 0.29) is 0 Å². The number of rotatable bonds is 6. The van der Waals surface area contributed by atoms with Crippen LogP contribution in [0.25, 0.3) is 88.1 Å². The quantitative estimate of drug-likeness (QED) is 0.170. The molecule has 272 valence electrons. The monoisotopic (exact) mass is 742 g/mol. The van der Waals surface area contributed by atoms with Crippen LogP contribution in [0.3, 0.4) is 0 Å². The molecule has 0 atom stereocenters. The topological polar surface area (TPSA) is 39.1 Å². The standard InChI is InChI=1S/C53H34N4O/c1-3-11-35(12-4-1)36-19-21-38(22-20-36)55(39-23-26-50-45(31-39)42-15-7-9-17-48(42)56(50)37-13-5-2-6-14-37)40-24-27-51-46(32-40)43-16-8-10-18-49(43)57(51)41-25-28-52-47(33-41)44-29-30-54-34-53(44)58-52/h1-34H. The van der Waals surface area contributed by atoms with Crippen molar-refractivity contribution in [2.45, 2.75) is 0 Å². The maximum absolute atomic E-state index is 6.15. The number of hydrogen-bond acceptors (Lipinski definition) is 3. The van der Waals surface area contributed by atoms with Crippen molar-refractivity contribution in [2.75, 3.05) is 4.90 Å². The van der Waals surface area contributed by atoms with Crippen LogP contribution in [0.15, 0.2) is 211 Å². The van der Waals surface area contributed by atoms with Gasteiger partial charge in [-0.2, -0.15) is 0 Å². The molecule has 0 saturated carbocycles. The third-order valence-electron chi connectivity index (χ3n) is 11.6. The highest BCUT2D eigenvalue weighted by Crippen LogP contribution is 2.43. The van der Waals surface area contributed by atoms with Crippen LogP contribution in [0.5, 0.6) is 0 Å².